The first-order valence-corrected chi connectivity index (χ1v) is 5.88. The molecule has 0 spiro atoms. The van der Waals surface area contributed by atoms with Gasteiger partial charge in [0, 0.05) is 26.2 Å². The van der Waals surface area contributed by atoms with Crippen molar-refractivity contribution in [2.75, 3.05) is 20.1 Å². The van der Waals surface area contributed by atoms with E-state index in [1.165, 1.54) is 4.57 Å². The summed E-state index contributed by atoms with van der Waals surface area (Å²) >= 11 is 0. The van der Waals surface area contributed by atoms with Crippen LogP contribution in [0.5, 0.6) is 0 Å². The van der Waals surface area contributed by atoms with Gasteiger partial charge in [-0.3, -0.25) is 9.79 Å². The molecule has 0 atom stereocenters. The Labute approximate surface area is 104 Å². The number of hydrogen-bond acceptors (Lipinski definition) is 4. The standard InChI is InChI=1S/C13H14N4O/c1-16-6-5-14-12(16)9-3-4-10-11(7-9)15-8-17(2)13(10)18/h3-4,7-8H,5-6H2,1-2H3. The van der Waals surface area contributed by atoms with Crippen LogP contribution in [-0.2, 0) is 7.05 Å². The van der Waals surface area contributed by atoms with Crippen molar-refractivity contribution in [3.63, 3.8) is 0 Å². The number of aryl methyl sites for hydroxylation is 1. The number of benzene rings is 1. The average Bonchev–Trinajstić information content (AvgIpc) is 2.80. The molecule has 2 aromatic rings. The molecule has 0 aliphatic carbocycles. The largest absolute Gasteiger partial charge is 0.358 e. The van der Waals surface area contributed by atoms with Crippen LogP contribution in [0.15, 0.2) is 34.3 Å². The zero-order chi connectivity index (χ0) is 12.7. The zero-order valence-electron chi connectivity index (χ0n) is 10.4. The van der Waals surface area contributed by atoms with Crippen molar-refractivity contribution < 1.29 is 0 Å². The fraction of sp³-hybridized carbons (Fsp3) is 0.308. The molecule has 1 aromatic carbocycles. The second-order valence-electron chi connectivity index (χ2n) is 4.52. The van der Waals surface area contributed by atoms with Crippen LogP contribution in [0.4, 0.5) is 0 Å². The van der Waals surface area contributed by atoms with E-state index in [0.717, 1.165) is 30.0 Å². The Kier molecular flexibility index (Phi) is 2.40. The lowest BCUT2D eigenvalue weighted by molar-refractivity contribution is 0.557. The number of aliphatic imine (C=N–C) groups is 1. The Bertz CT molecular complexity index is 702. The van der Waals surface area contributed by atoms with Crippen LogP contribution in [0.3, 0.4) is 0 Å². The van der Waals surface area contributed by atoms with Gasteiger partial charge in [-0.1, -0.05) is 6.07 Å². The molecule has 1 aliphatic rings. The maximum Gasteiger partial charge on any atom is 0.260 e. The lowest BCUT2D eigenvalue weighted by Crippen LogP contribution is -2.23. The topological polar surface area (TPSA) is 50.5 Å². The minimum absolute atomic E-state index is 0.0201. The Morgan fingerprint density at radius 3 is 2.83 bits per heavy atom. The summed E-state index contributed by atoms with van der Waals surface area (Å²) in [6.45, 7) is 1.77. The van der Waals surface area contributed by atoms with Gasteiger partial charge in [0.25, 0.3) is 5.56 Å². The summed E-state index contributed by atoms with van der Waals surface area (Å²) in [4.78, 5) is 22.8. The van der Waals surface area contributed by atoms with Gasteiger partial charge < -0.3 is 9.47 Å². The lowest BCUT2D eigenvalue weighted by Gasteiger charge is -2.13. The summed E-state index contributed by atoms with van der Waals surface area (Å²) in [5.41, 5.74) is 1.72. The molecule has 3 rings (SSSR count). The molecular weight excluding hydrogens is 228 g/mol. The predicted molar refractivity (Wildman–Crippen MR) is 71.0 cm³/mol. The number of amidine groups is 1. The Morgan fingerprint density at radius 1 is 1.28 bits per heavy atom. The maximum absolute atomic E-state index is 11.9. The lowest BCUT2D eigenvalue weighted by atomic mass is 10.1. The molecule has 0 N–H and O–H groups in total. The molecule has 0 unspecified atom stereocenters. The number of nitrogens with zero attached hydrogens (tertiary/aromatic N) is 4. The molecule has 0 radical (unpaired) electrons. The Hall–Kier alpha value is -2.17. The molecule has 18 heavy (non-hydrogen) atoms. The smallest absolute Gasteiger partial charge is 0.260 e. The summed E-state index contributed by atoms with van der Waals surface area (Å²) in [5, 5.41) is 0.644. The first-order valence-electron chi connectivity index (χ1n) is 5.88. The molecule has 1 aromatic heterocycles. The van der Waals surface area contributed by atoms with Crippen molar-refractivity contribution in [1.82, 2.24) is 14.5 Å². The van der Waals surface area contributed by atoms with Crippen LogP contribution in [0, 0.1) is 0 Å². The van der Waals surface area contributed by atoms with E-state index in [1.807, 2.05) is 25.2 Å². The van der Waals surface area contributed by atoms with E-state index >= 15 is 0 Å². The highest BCUT2D eigenvalue weighted by molar-refractivity contribution is 6.02. The summed E-state index contributed by atoms with van der Waals surface area (Å²) in [6, 6.07) is 5.69. The molecule has 5 heteroatoms. The van der Waals surface area contributed by atoms with E-state index in [2.05, 4.69) is 14.9 Å². The van der Waals surface area contributed by atoms with Gasteiger partial charge in [-0.25, -0.2) is 4.98 Å². The van der Waals surface area contributed by atoms with E-state index in [9.17, 15) is 4.79 Å². The van der Waals surface area contributed by atoms with Crippen LogP contribution in [0.1, 0.15) is 5.56 Å². The van der Waals surface area contributed by atoms with Crippen LogP contribution in [0.25, 0.3) is 10.9 Å². The Morgan fingerprint density at radius 2 is 2.11 bits per heavy atom. The highest BCUT2D eigenvalue weighted by Crippen LogP contribution is 2.14. The minimum Gasteiger partial charge on any atom is -0.358 e. The third-order valence-electron chi connectivity index (χ3n) is 3.24. The van der Waals surface area contributed by atoms with Gasteiger partial charge in [-0.2, -0.15) is 0 Å². The van der Waals surface area contributed by atoms with E-state index in [4.69, 9.17) is 0 Å². The second-order valence-corrected chi connectivity index (χ2v) is 4.52. The van der Waals surface area contributed by atoms with Crippen molar-refractivity contribution in [1.29, 1.82) is 0 Å². The number of hydrogen-bond donors (Lipinski definition) is 0. The van der Waals surface area contributed by atoms with Crippen molar-refractivity contribution >= 4 is 16.7 Å². The summed E-state index contributed by atoms with van der Waals surface area (Å²) in [5.74, 6) is 0.972. The fourth-order valence-electron chi connectivity index (χ4n) is 2.19. The van der Waals surface area contributed by atoms with Crippen molar-refractivity contribution in [3.8, 4) is 0 Å². The number of aromatic nitrogens is 2. The third kappa shape index (κ3) is 1.59. The molecule has 92 valence electrons. The quantitative estimate of drug-likeness (QED) is 0.737. The predicted octanol–water partition coefficient (Wildman–Crippen LogP) is 0.625. The highest BCUT2D eigenvalue weighted by atomic mass is 16.1. The first-order chi connectivity index (χ1) is 8.66. The molecule has 0 fully saturated rings. The molecule has 0 saturated carbocycles. The van der Waals surface area contributed by atoms with Gasteiger partial charge in [-0.05, 0) is 12.1 Å². The molecule has 0 saturated heterocycles. The molecular formula is C13H14N4O. The van der Waals surface area contributed by atoms with Crippen molar-refractivity contribution in [2.24, 2.45) is 12.0 Å². The van der Waals surface area contributed by atoms with E-state index in [0.29, 0.717) is 5.39 Å². The number of rotatable bonds is 1. The third-order valence-corrected chi connectivity index (χ3v) is 3.24. The van der Waals surface area contributed by atoms with Gasteiger partial charge in [0.2, 0.25) is 0 Å². The summed E-state index contributed by atoms with van der Waals surface area (Å²) < 4.78 is 1.49. The van der Waals surface area contributed by atoms with Crippen LogP contribution >= 0.6 is 0 Å². The van der Waals surface area contributed by atoms with Gasteiger partial charge in [0.15, 0.2) is 0 Å². The van der Waals surface area contributed by atoms with Crippen molar-refractivity contribution in [3.05, 3.63) is 40.4 Å². The van der Waals surface area contributed by atoms with E-state index in [1.54, 1.807) is 13.4 Å². The fourth-order valence-corrected chi connectivity index (χ4v) is 2.19. The summed E-state index contributed by atoms with van der Waals surface area (Å²) in [7, 11) is 3.73. The monoisotopic (exact) mass is 242 g/mol. The average molecular weight is 242 g/mol. The molecule has 2 heterocycles. The van der Waals surface area contributed by atoms with E-state index in [-0.39, 0.29) is 5.56 Å². The minimum atomic E-state index is -0.0201. The van der Waals surface area contributed by atoms with Crippen LogP contribution in [-0.4, -0.2) is 40.4 Å². The Balaban J connectivity index is 2.18. The zero-order valence-corrected chi connectivity index (χ0v) is 10.4. The SMILES string of the molecule is CN1CCN=C1c1ccc2c(=O)n(C)cnc2c1. The molecule has 1 aliphatic heterocycles. The van der Waals surface area contributed by atoms with Crippen molar-refractivity contribution in [2.45, 2.75) is 0 Å². The van der Waals surface area contributed by atoms with Gasteiger partial charge in [0.05, 0.1) is 23.8 Å². The second kappa shape index (κ2) is 3.94. The molecule has 5 nitrogen and oxygen atoms in total. The molecule has 0 amide bonds. The normalized spacial score (nSPS) is 15.2. The van der Waals surface area contributed by atoms with Gasteiger partial charge >= 0.3 is 0 Å². The molecule has 0 bridgehead atoms. The van der Waals surface area contributed by atoms with Crippen LogP contribution < -0.4 is 5.56 Å². The maximum atomic E-state index is 11.9. The van der Waals surface area contributed by atoms with Gasteiger partial charge in [-0.15, -0.1) is 0 Å². The number of fused-ring (bicyclic) bond motifs is 1. The highest BCUT2D eigenvalue weighted by Gasteiger charge is 2.15. The number of likely N-dealkylation sites (N-methyl/N-ethyl adjacent to an activating group) is 1. The summed E-state index contributed by atoms with van der Waals surface area (Å²) in [6.07, 6.45) is 1.55. The van der Waals surface area contributed by atoms with Crippen LogP contribution in [0.2, 0.25) is 0 Å². The first kappa shape index (κ1) is 11.0. The van der Waals surface area contributed by atoms with E-state index < -0.39 is 0 Å². The van der Waals surface area contributed by atoms with Gasteiger partial charge in [0.1, 0.15) is 5.84 Å².